The summed E-state index contributed by atoms with van der Waals surface area (Å²) in [6.07, 6.45) is 0. The van der Waals surface area contributed by atoms with E-state index in [0.717, 1.165) is 29.8 Å². The van der Waals surface area contributed by atoms with E-state index in [9.17, 15) is 0 Å². The summed E-state index contributed by atoms with van der Waals surface area (Å²) >= 11 is 3.70. The summed E-state index contributed by atoms with van der Waals surface area (Å²) in [5.74, 6) is 1.32. The van der Waals surface area contributed by atoms with E-state index in [4.69, 9.17) is 0 Å². The fraction of sp³-hybridized carbons (Fsp3) is 0.812. The topological polar surface area (TPSA) is 33.1 Å². The number of piperazine rings is 1. The van der Waals surface area contributed by atoms with Gasteiger partial charge in [-0.05, 0) is 34.7 Å². The Morgan fingerprint density at radius 3 is 2.43 bits per heavy atom. The average molecular weight is 357 g/mol. The second-order valence-electron chi connectivity index (χ2n) is 6.97. The molecule has 1 aromatic heterocycles. The van der Waals surface area contributed by atoms with Gasteiger partial charge in [0.1, 0.15) is 0 Å². The van der Waals surface area contributed by atoms with Crippen LogP contribution in [0.5, 0.6) is 0 Å². The van der Waals surface area contributed by atoms with Crippen LogP contribution in [-0.2, 0) is 13.6 Å². The molecule has 0 aromatic carbocycles. The lowest BCUT2D eigenvalue weighted by molar-refractivity contribution is 0.0759. The summed E-state index contributed by atoms with van der Waals surface area (Å²) in [6.45, 7) is 14.4. The summed E-state index contributed by atoms with van der Waals surface area (Å²) in [5.41, 5.74) is 2.35. The third-order valence-electron chi connectivity index (χ3n) is 4.68. The predicted octanol–water partition coefficient (Wildman–Crippen LogP) is 2.95. The predicted molar refractivity (Wildman–Crippen MR) is 91.3 cm³/mol. The first-order chi connectivity index (χ1) is 9.81. The van der Waals surface area contributed by atoms with Gasteiger partial charge < -0.3 is 5.32 Å². The summed E-state index contributed by atoms with van der Waals surface area (Å²) in [7, 11) is 2.04. The van der Waals surface area contributed by atoms with Gasteiger partial charge in [0.15, 0.2) is 0 Å². The number of rotatable bonds is 4. The zero-order valence-electron chi connectivity index (χ0n) is 14.2. The van der Waals surface area contributed by atoms with Crippen LogP contribution in [0.15, 0.2) is 4.47 Å². The zero-order valence-corrected chi connectivity index (χ0v) is 15.7. The van der Waals surface area contributed by atoms with Crippen LogP contribution in [0.4, 0.5) is 0 Å². The molecule has 2 rings (SSSR count). The standard InChI is InChI=1S/C16H29BrN4/c1-10(2)13-8-21(14(7-18-13)11(3)4)9-15-16(17)12(5)19-20(15)6/h10-11,13-14,18H,7-9H2,1-6H3. The normalized spacial score (nSPS) is 24.2. The van der Waals surface area contributed by atoms with Gasteiger partial charge in [-0.1, -0.05) is 27.7 Å². The highest BCUT2D eigenvalue weighted by Gasteiger charge is 2.32. The van der Waals surface area contributed by atoms with E-state index in [1.807, 2.05) is 11.7 Å². The lowest BCUT2D eigenvalue weighted by atomic mass is 9.94. The van der Waals surface area contributed by atoms with Crippen LogP contribution in [0.2, 0.25) is 0 Å². The molecule has 2 atom stereocenters. The molecule has 1 fully saturated rings. The quantitative estimate of drug-likeness (QED) is 0.900. The third-order valence-corrected chi connectivity index (χ3v) is 5.71. The van der Waals surface area contributed by atoms with E-state index >= 15 is 0 Å². The maximum atomic E-state index is 4.53. The van der Waals surface area contributed by atoms with Crippen molar-refractivity contribution in [3.8, 4) is 0 Å². The van der Waals surface area contributed by atoms with E-state index in [1.165, 1.54) is 5.69 Å². The number of aromatic nitrogens is 2. The highest BCUT2D eigenvalue weighted by molar-refractivity contribution is 9.10. The summed E-state index contributed by atoms with van der Waals surface area (Å²) in [5, 5.41) is 8.25. The molecule has 2 unspecified atom stereocenters. The molecular formula is C16H29BrN4. The Bertz CT molecular complexity index is 481. The maximum absolute atomic E-state index is 4.53. The lowest BCUT2D eigenvalue weighted by Gasteiger charge is -2.43. The number of nitrogens with zero attached hydrogens (tertiary/aromatic N) is 3. The van der Waals surface area contributed by atoms with Gasteiger partial charge in [0, 0.05) is 38.8 Å². The molecule has 0 aliphatic carbocycles. The van der Waals surface area contributed by atoms with Crippen LogP contribution in [0, 0.1) is 18.8 Å². The minimum atomic E-state index is 0.577. The molecule has 0 amide bonds. The molecule has 1 aliphatic heterocycles. The Morgan fingerprint density at radius 1 is 1.29 bits per heavy atom. The Kier molecular flexibility index (Phi) is 5.49. The molecule has 4 nitrogen and oxygen atoms in total. The second kappa shape index (κ2) is 6.80. The maximum Gasteiger partial charge on any atom is 0.0739 e. The van der Waals surface area contributed by atoms with E-state index in [-0.39, 0.29) is 0 Å². The first-order valence-electron chi connectivity index (χ1n) is 7.96. The molecule has 1 saturated heterocycles. The molecule has 1 aliphatic rings. The smallest absolute Gasteiger partial charge is 0.0739 e. The molecule has 0 saturated carbocycles. The Morgan fingerprint density at radius 2 is 1.95 bits per heavy atom. The Balaban J connectivity index is 2.20. The van der Waals surface area contributed by atoms with Crippen molar-refractivity contribution in [2.24, 2.45) is 18.9 Å². The Labute approximate surface area is 137 Å². The molecule has 0 spiro atoms. The van der Waals surface area contributed by atoms with Gasteiger partial charge in [0.2, 0.25) is 0 Å². The first-order valence-corrected chi connectivity index (χ1v) is 8.76. The molecule has 1 aromatic rings. The molecule has 21 heavy (non-hydrogen) atoms. The van der Waals surface area contributed by atoms with E-state index in [1.54, 1.807) is 0 Å². The van der Waals surface area contributed by atoms with Crippen molar-refractivity contribution in [1.29, 1.82) is 0 Å². The SMILES string of the molecule is Cc1nn(C)c(CN2CC(C(C)C)NCC2C(C)C)c1Br. The number of nitrogens with one attached hydrogen (secondary N) is 1. The number of halogens is 1. The highest BCUT2D eigenvalue weighted by atomic mass is 79.9. The van der Waals surface area contributed by atoms with Gasteiger partial charge >= 0.3 is 0 Å². The number of aryl methyl sites for hydroxylation is 2. The summed E-state index contributed by atoms with van der Waals surface area (Å²) in [6, 6.07) is 1.16. The highest BCUT2D eigenvalue weighted by Crippen LogP contribution is 2.25. The molecule has 0 bridgehead atoms. The second-order valence-corrected chi connectivity index (χ2v) is 7.76. The summed E-state index contributed by atoms with van der Waals surface area (Å²) < 4.78 is 3.18. The van der Waals surface area contributed by atoms with Gasteiger partial charge in [-0.15, -0.1) is 0 Å². The van der Waals surface area contributed by atoms with E-state index in [0.29, 0.717) is 23.9 Å². The van der Waals surface area contributed by atoms with Gasteiger partial charge in [-0.25, -0.2) is 0 Å². The van der Waals surface area contributed by atoms with Gasteiger partial charge in [0.25, 0.3) is 0 Å². The van der Waals surface area contributed by atoms with Gasteiger partial charge in [-0.3, -0.25) is 9.58 Å². The van der Waals surface area contributed by atoms with Crippen molar-refractivity contribution in [3.63, 3.8) is 0 Å². The largest absolute Gasteiger partial charge is 0.311 e. The minimum absolute atomic E-state index is 0.577. The number of hydrogen-bond donors (Lipinski definition) is 1. The molecule has 2 heterocycles. The average Bonchev–Trinajstić information content (AvgIpc) is 2.65. The lowest BCUT2D eigenvalue weighted by Crippen LogP contribution is -2.59. The van der Waals surface area contributed by atoms with E-state index < -0.39 is 0 Å². The molecule has 1 N–H and O–H groups in total. The fourth-order valence-corrected chi connectivity index (χ4v) is 3.65. The van der Waals surface area contributed by atoms with E-state index in [2.05, 4.69) is 65.9 Å². The van der Waals surface area contributed by atoms with Crippen molar-refractivity contribution >= 4 is 15.9 Å². The van der Waals surface area contributed by atoms with Crippen LogP contribution in [0.1, 0.15) is 39.1 Å². The third kappa shape index (κ3) is 3.69. The molecule has 120 valence electrons. The number of hydrogen-bond acceptors (Lipinski definition) is 3. The van der Waals surface area contributed by atoms with Crippen LogP contribution < -0.4 is 5.32 Å². The monoisotopic (exact) mass is 356 g/mol. The van der Waals surface area contributed by atoms with Crippen molar-refractivity contribution in [2.75, 3.05) is 13.1 Å². The van der Waals surface area contributed by atoms with Crippen molar-refractivity contribution in [3.05, 3.63) is 15.9 Å². The fourth-order valence-electron chi connectivity index (χ4n) is 3.18. The first kappa shape index (κ1) is 17.0. The van der Waals surface area contributed by atoms with Crippen molar-refractivity contribution in [1.82, 2.24) is 20.0 Å². The molecular weight excluding hydrogens is 328 g/mol. The molecule has 5 heteroatoms. The van der Waals surface area contributed by atoms with Crippen LogP contribution in [0.25, 0.3) is 0 Å². The van der Waals surface area contributed by atoms with Gasteiger partial charge in [0.05, 0.1) is 15.9 Å². The van der Waals surface area contributed by atoms with Crippen LogP contribution >= 0.6 is 15.9 Å². The summed E-state index contributed by atoms with van der Waals surface area (Å²) in [4.78, 5) is 2.63. The van der Waals surface area contributed by atoms with Crippen LogP contribution in [-0.4, -0.2) is 39.9 Å². The van der Waals surface area contributed by atoms with Gasteiger partial charge in [-0.2, -0.15) is 5.10 Å². The molecule has 0 radical (unpaired) electrons. The minimum Gasteiger partial charge on any atom is -0.311 e. The van der Waals surface area contributed by atoms with Crippen LogP contribution in [0.3, 0.4) is 0 Å². The van der Waals surface area contributed by atoms with Crippen molar-refractivity contribution in [2.45, 2.75) is 53.2 Å². The van der Waals surface area contributed by atoms with Crippen molar-refractivity contribution < 1.29 is 0 Å². The zero-order chi connectivity index (χ0) is 15.7. The Hall–Kier alpha value is -0.390.